The van der Waals surface area contributed by atoms with E-state index in [4.69, 9.17) is 9.47 Å². The van der Waals surface area contributed by atoms with Gasteiger partial charge in [-0.3, -0.25) is 4.79 Å². The Balaban J connectivity index is 1.57. The van der Waals surface area contributed by atoms with E-state index < -0.39 is 6.10 Å². The lowest BCUT2D eigenvalue weighted by Crippen LogP contribution is -2.33. The minimum absolute atomic E-state index is 0.317. The van der Waals surface area contributed by atoms with Gasteiger partial charge < -0.3 is 9.47 Å². The van der Waals surface area contributed by atoms with E-state index in [2.05, 4.69) is 10.5 Å². The van der Waals surface area contributed by atoms with Crippen LogP contribution in [0.25, 0.3) is 10.8 Å². The van der Waals surface area contributed by atoms with Crippen molar-refractivity contribution in [1.82, 2.24) is 5.43 Å². The Kier molecular flexibility index (Phi) is 5.49. The quantitative estimate of drug-likeness (QED) is 0.545. The Morgan fingerprint density at radius 1 is 1.00 bits per heavy atom. The van der Waals surface area contributed by atoms with Gasteiger partial charge in [-0.15, -0.1) is 0 Å². The minimum Gasteiger partial charge on any atom is -0.497 e. The van der Waals surface area contributed by atoms with Crippen LogP contribution in [0.15, 0.2) is 71.8 Å². The SMILES string of the molecule is COc1ccc(/C=N\NC(=O)[C@@H](C)Oc2ccc3ccccc3c2)cc1. The molecule has 0 aliphatic heterocycles. The molecule has 1 atom stereocenters. The van der Waals surface area contributed by atoms with Gasteiger partial charge in [0.25, 0.3) is 5.91 Å². The molecule has 5 nitrogen and oxygen atoms in total. The van der Waals surface area contributed by atoms with E-state index in [1.165, 1.54) is 0 Å². The first-order chi connectivity index (χ1) is 12.7. The summed E-state index contributed by atoms with van der Waals surface area (Å²) in [7, 11) is 1.61. The van der Waals surface area contributed by atoms with Crippen LogP contribution in [0, 0.1) is 0 Å². The van der Waals surface area contributed by atoms with Crippen molar-refractivity contribution in [2.24, 2.45) is 5.10 Å². The van der Waals surface area contributed by atoms with E-state index in [-0.39, 0.29) is 5.91 Å². The van der Waals surface area contributed by atoms with Gasteiger partial charge in [0, 0.05) is 0 Å². The van der Waals surface area contributed by atoms with E-state index in [0.717, 1.165) is 22.1 Å². The monoisotopic (exact) mass is 348 g/mol. The molecule has 3 rings (SSSR count). The first kappa shape index (κ1) is 17.5. The highest BCUT2D eigenvalue weighted by Gasteiger charge is 2.14. The molecule has 0 fully saturated rings. The van der Waals surface area contributed by atoms with E-state index in [0.29, 0.717) is 5.75 Å². The smallest absolute Gasteiger partial charge is 0.280 e. The van der Waals surface area contributed by atoms with Gasteiger partial charge in [0.05, 0.1) is 13.3 Å². The maximum atomic E-state index is 12.1. The molecule has 0 unspecified atom stereocenters. The number of methoxy groups -OCH3 is 1. The molecule has 3 aromatic rings. The molecule has 0 heterocycles. The van der Waals surface area contributed by atoms with Gasteiger partial charge in [-0.1, -0.05) is 30.3 Å². The second kappa shape index (κ2) is 8.16. The fourth-order valence-corrected chi connectivity index (χ4v) is 2.45. The summed E-state index contributed by atoms with van der Waals surface area (Å²) in [5, 5.41) is 6.16. The molecular weight excluding hydrogens is 328 g/mol. The van der Waals surface area contributed by atoms with Crippen molar-refractivity contribution in [3.63, 3.8) is 0 Å². The van der Waals surface area contributed by atoms with Crippen LogP contribution in [0.4, 0.5) is 0 Å². The number of ether oxygens (including phenoxy) is 2. The third-order valence-electron chi connectivity index (χ3n) is 3.91. The van der Waals surface area contributed by atoms with Crippen LogP contribution in [0.3, 0.4) is 0 Å². The van der Waals surface area contributed by atoms with E-state index in [1.807, 2.05) is 66.7 Å². The highest BCUT2D eigenvalue weighted by atomic mass is 16.5. The van der Waals surface area contributed by atoms with Gasteiger partial charge in [-0.25, -0.2) is 5.43 Å². The Bertz CT molecular complexity index is 920. The first-order valence-corrected chi connectivity index (χ1v) is 8.28. The van der Waals surface area contributed by atoms with Crippen molar-refractivity contribution in [2.45, 2.75) is 13.0 Å². The van der Waals surface area contributed by atoms with Gasteiger partial charge in [0.2, 0.25) is 0 Å². The van der Waals surface area contributed by atoms with Crippen LogP contribution in [-0.4, -0.2) is 25.3 Å². The molecule has 3 aromatic carbocycles. The predicted molar refractivity (Wildman–Crippen MR) is 103 cm³/mol. The lowest BCUT2D eigenvalue weighted by molar-refractivity contribution is -0.127. The van der Waals surface area contributed by atoms with E-state index in [1.54, 1.807) is 20.2 Å². The molecule has 1 N–H and O–H groups in total. The lowest BCUT2D eigenvalue weighted by Gasteiger charge is -2.13. The van der Waals surface area contributed by atoms with Crippen LogP contribution in [-0.2, 0) is 4.79 Å². The number of nitrogens with zero attached hydrogens (tertiary/aromatic N) is 1. The molecule has 0 aliphatic carbocycles. The van der Waals surface area contributed by atoms with Crippen LogP contribution in [0.5, 0.6) is 11.5 Å². The largest absolute Gasteiger partial charge is 0.497 e. The third kappa shape index (κ3) is 4.39. The summed E-state index contributed by atoms with van der Waals surface area (Å²) in [5.41, 5.74) is 3.35. The summed E-state index contributed by atoms with van der Waals surface area (Å²) in [6.07, 6.45) is 0.907. The molecule has 0 aliphatic rings. The summed E-state index contributed by atoms with van der Waals surface area (Å²) >= 11 is 0. The zero-order chi connectivity index (χ0) is 18.4. The molecule has 0 aromatic heterocycles. The number of carbonyl (C=O) groups is 1. The van der Waals surface area contributed by atoms with Crippen LogP contribution in [0.2, 0.25) is 0 Å². The Labute approximate surface area is 152 Å². The van der Waals surface area contributed by atoms with Crippen molar-refractivity contribution in [3.05, 3.63) is 72.3 Å². The number of hydrazone groups is 1. The summed E-state index contributed by atoms with van der Waals surface area (Å²) in [6, 6.07) is 21.1. The molecule has 0 radical (unpaired) electrons. The summed E-state index contributed by atoms with van der Waals surface area (Å²) in [4.78, 5) is 12.1. The first-order valence-electron chi connectivity index (χ1n) is 8.28. The van der Waals surface area contributed by atoms with Crippen molar-refractivity contribution >= 4 is 22.9 Å². The fraction of sp³-hybridized carbons (Fsp3) is 0.143. The van der Waals surface area contributed by atoms with E-state index in [9.17, 15) is 4.79 Å². The Morgan fingerprint density at radius 2 is 1.69 bits per heavy atom. The van der Waals surface area contributed by atoms with Gasteiger partial charge in [0.1, 0.15) is 11.5 Å². The summed E-state index contributed by atoms with van der Waals surface area (Å²) in [5.74, 6) is 1.09. The van der Waals surface area contributed by atoms with Crippen LogP contribution < -0.4 is 14.9 Å². The molecule has 0 saturated heterocycles. The highest BCUT2D eigenvalue weighted by Crippen LogP contribution is 2.21. The summed E-state index contributed by atoms with van der Waals surface area (Å²) in [6.45, 7) is 1.69. The third-order valence-corrected chi connectivity index (χ3v) is 3.91. The minimum atomic E-state index is -0.663. The highest BCUT2D eigenvalue weighted by molar-refractivity contribution is 5.85. The average Bonchev–Trinajstić information content (AvgIpc) is 2.68. The lowest BCUT2D eigenvalue weighted by atomic mass is 10.1. The topological polar surface area (TPSA) is 59.9 Å². The molecule has 26 heavy (non-hydrogen) atoms. The number of amides is 1. The van der Waals surface area contributed by atoms with Crippen molar-refractivity contribution in [1.29, 1.82) is 0 Å². The maximum Gasteiger partial charge on any atom is 0.280 e. The van der Waals surface area contributed by atoms with Gasteiger partial charge >= 0.3 is 0 Å². The number of fused-ring (bicyclic) bond motifs is 1. The number of benzene rings is 3. The van der Waals surface area contributed by atoms with Gasteiger partial charge in [-0.05, 0) is 59.7 Å². The fourth-order valence-electron chi connectivity index (χ4n) is 2.45. The van der Waals surface area contributed by atoms with Gasteiger partial charge in [-0.2, -0.15) is 5.10 Å². The van der Waals surface area contributed by atoms with Gasteiger partial charge in [0.15, 0.2) is 6.10 Å². The molecule has 0 bridgehead atoms. The Morgan fingerprint density at radius 3 is 2.42 bits per heavy atom. The number of carbonyl (C=O) groups excluding carboxylic acids is 1. The zero-order valence-electron chi connectivity index (χ0n) is 14.7. The molecular formula is C21H20N2O3. The van der Waals surface area contributed by atoms with Crippen molar-refractivity contribution in [2.75, 3.05) is 7.11 Å². The molecule has 0 saturated carbocycles. The maximum absolute atomic E-state index is 12.1. The molecule has 5 heteroatoms. The number of rotatable bonds is 6. The Hall–Kier alpha value is -3.34. The zero-order valence-corrected chi connectivity index (χ0v) is 14.7. The number of hydrogen-bond donors (Lipinski definition) is 1. The van der Waals surface area contributed by atoms with Crippen LogP contribution >= 0.6 is 0 Å². The van der Waals surface area contributed by atoms with Crippen molar-refractivity contribution < 1.29 is 14.3 Å². The molecule has 1 amide bonds. The second-order valence-corrected chi connectivity index (χ2v) is 5.78. The predicted octanol–water partition coefficient (Wildman–Crippen LogP) is 3.77. The molecule has 132 valence electrons. The normalized spacial score (nSPS) is 12.1. The number of hydrogen-bond acceptors (Lipinski definition) is 4. The number of nitrogens with one attached hydrogen (secondary N) is 1. The molecule has 0 spiro atoms. The van der Waals surface area contributed by atoms with Crippen LogP contribution in [0.1, 0.15) is 12.5 Å². The van der Waals surface area contributed by atoms with E-state index >= 15 is 0 Å². The van der Waals surface area contributed by atoms with Crippen molar-refractivity contribution in [3.8, 4) is 11.5 Å². The average molecular weight is 348 g/mol. The summed E-state index contributed by atoms with van der Waals surface area (Å²) < 4.78 is 10.8. The standard InChI is InChI=1S/C21H20N2O3/c1-15(26-20-12-9-17-5-3-4-6-18(17)13-20)21(24)23-22-14-16-7-10-19(25-2)11-8-16/h3-15H,1-2H3,(H,23,24)/b22-14-/t15-/m1/s1. The second-order valence-electron chi connectivity index (χ2n) is 5.78.